The molecule has 0 radical (unpaired) electrons. The van der Waals surface area contributed by atoms with Crippen LogP contribution in [0.4, 0.5) is 0 Å². The zero-order valence-electron chi connectivity index (χ0n) is 11.8. The van der Waals surface area contributed by atoms with Crippen molar-refractivity contribution in [2.24, 2.45) is 5.73 Å². The van der Waals surface area contributed by atoms with E-state index < -0.39 is 0 Å². The molecule has 106 valence electrons. The summed E-state index contributed by atoms with van der Waals surface area (Å²) >= 11 is 6.42. The topological polar surface area (TPSA) is 44.5 Å². The van der Waals surface area contributed by atoms with Crippen molar-refractivity contribution in [1.82, 2.24) is 0 Å². The second-order valence-corrected chi connectivity index (χ2v) is 5.37. The van der Waals surface area contributed by atoms with E-state index in [-0.39, 0.29) is 6.04 Å². The molecule has 0 fully saturated rings. The minimum absolute atomic E-state index is 0.0225. The van der Waals surface area contributed by atoms with Crippen LogP contribution in [0.5, 0.6) is 11.5 Å². The van der Waals surface area contributed by atoms with Gasteiger partial charge in [-0.2, -0.15) is 0 Å². The number of ether oxygens (including phenoxy) is 2. The lowest BCUT2D eigenvalue weighted by Crippen LogP contribution is -2.21. The van der Waals surface area contributed by atoms with Crippen molar-refractivity contribution in [2.45, 2.75) is 45.6 Å². The Morgan fingerprint density at radius 1 is 1.21 bits per heavy atom. The van der Waals surface area contributed by atoms with E-state index in [0.29, 0.717) is 24.9 Å². The van der Waals surface area contributed by atoms with Crippen LogP contribution in [0, 0.1) is 0 Å². The summed E-state index contributed by atoms with van der Waals surface area (Å²) in [5, 5.41) is 0.740. The fraction of sp³-hybridized carbons (Fsp3) is 0.600. The molecule has 2 atom stereocenters. The SMILES string of the molecule is CCOc1cc(Cl)c2c(c1OCC)C(N)CCC2C. The Labute approximate surface area is 120 Å². The summed E-state index contributed by atoms with van der Waals surface area (Å²) in [4.78, 5) is 0. The molecule has 3 nitrogen and oxygen atoms in total. The normalized spacial score (nSPS) is 21.9. The average Bonchev–Trinajstić information content (AvgIpc) is 2.37. The third-order valence-electron chi connectivity index (χ3n) is 3.64. The summed E-state index contributed by atoms with van der Waals surface area (Å²) in [5.41, 5.74) is 8.45. The first-order valence-electron chi connectivity index (χ1n) is 6.97. The van der Waals surface area contributed by atoms with Crippen molar-refractivity contribution in [2.75, 3.05) is 13.2 Å². The Bertz CT molecular complexity index is 462. The van der Waals surface area contributed by atoms with Gasteiger partial charge in [-0.15, -0.1) is 0 Å². The molecule has 0 aliphatic heterocycles. The van der Waals surface area contributed by atoms with Gasteiger partial charge in [-0.3, -0.25) is 0 Å². The minimum Gasteiger partial charge on any atom is -0.490 e. The first-order valence-corrected chi connectivity index (χ1v) is 7.35. The second-order valence-electron chi connectivity index (χ2n) is 4.96. The maximum absolute atomic E-state index is 6.42. The van der Waals surface area contributed by atoms with Gasteiger partial charge in [-0.05, 0) is 38.2 Å². The van der Waals surface area contributed by atoms with Crippen LogP contribution in [0.25, 0.3) is 0 Å². The first kappa shape index (κ1) is 14.5. The Kier molecular flexibility index (Phi) is 4.58. The number of benzene rings is 1. The molecule has 2 rings (SSSR count). The summed E-state index contributed by atoms with van der Waals surface area (Å²) in [6.45, 7) is 7.28. The predicted molar refractivity (Wildman–Crippen MR) is 78.4 cm³/mol. The van der Waals surface area contributed by atoms with Gasteiger partial charge in [0.05, 0.1) is 13.2 Å². The van der Waals surface area contributed by atoms with Gasteiger partial charge in [0, 0.05) is 22.7 Å². The maximum Gasteiger partial charge on any atom is 0.166 e. The molecule has 1 aliphatic carbocycles. The molecule has 0 amide bonds. The Morgan fingerprint density at radius 3 is 2.53 bits per heavy atom. The van der Waals surface area contributed by atoms with E-state index in [9.17, 15) is 0 Å². The van der Waals surface area contributed by atoms with Crippen molar-refractivity contribution in [3.05, 3.63) is 22.2 Å². The van der Waals surface area contributed by atoms with E-state index in [4.69, 9.17) is 26.8 Å². The van der Waals surface area contributed by atoms with Gasteiger partial charge < -0.3 is 15.2 Å². The Balaban J connectivity index is 2.62. The second kappa shape index (κ2) is 6.02. The average molecular weight is 284 g/mol. The molecule has 0 bridgehead atoms. The number of nitrogens with two attached hydrogens (primary N) is 1. The number of rotatable bonds is 4. The maximum atomic E-state index is 6.42. The fourth-order valence-corrected chi connectivity index (χ4v) is 3.17. The molecule has 0 spiro atoms. The highest BCUT2D eigenvalue weighted by Crippen LogP contribution is 2.48. The zero-order chi connectivity index (χ0) is 14.0. The van der Waals surface area contributed by atoms with Crippen LogP contribution in [0.15, 0.2) is 6.07 Å². The quantitative estimate of drug-likeness (QED) is 0.907. The third kappa shape index (κ3) is 2.67. The molecule has 0 aromatic heterocycles. The minimum atomic E-state index is -0.0225. The highest BCUT2D eigenvalue weighted by molar-refractivity contribution is 6.31. The largest absolute Gasteiger partial charge is 0.490 e. The molecule has 2 N–H and O–H groups in total. The standard InChI is InChI=1S/C15H22ClNO2/c1-4-18-12-8-10(16)13-9(3)6-7-11(17)14(13)15(12)19-5-2/h8-9,11H,4-7,17H2,1-3H3. The summed E-state index contributed by atoms with van der Waals surface area (Å²) in [7, 11) is 0. The van der Waals surface area contributed by atoms with E-state index in [1.54, 1.807) is 0 Å². The van der Waals surface area contributed by atoms with E-state index in [1.165, 1.54) is 0 Å². The highest BCUT2D eigenvalue weighted by Gasteiger charge is 2.30. The lowest BCUT2D eigenvalue weighted by atomic mass is 9.80. The highest BCUT2D eigenvalue weighted by atomic mass is 35.5. The molecule has 4 heteroatoms. The molecule has 2 unspecified atom stereocenters. The van der Waals surface area contributed by atoms with Gasteiger partial charge in [0.2, 0.25) is 0 Å². The summed E-state index contributed by atoms with van der Waals surface area (Å²) in [6.07, 6.45) is 2.02. The van der Waals surface area contributed by atoms with Gasteiger partial charge in [0.15, 0.2) is 11.5 Å². The van der Waals surface area contributed by atoms with Crippen LogP contribution in [-0.4, -0.2) is 13.2 Å². The van der Waals surface area contributed by atoms with Crippen molar-refractivity contribution < 1.29 is 9.47 Å². The van der Waals surface area contributed by atoms with Crippen LogP contribution < -0.4 is 15.2 Å². The van der Waals surface area contributed by atoms with Crippen molar-refractivity contribution in [1.29, 1.82) is 0 Å². The van der Waals surface area contributed by atoms with E-state index in [0.717, 1.165) is 34.7 Å². The Morgan fingerprint density at radius 2 is 1.89 bits per heavy atom. The third-order valence-corrected chi connectivity index (χ3v) is 3.95. The molecule has 1 aliphatic rings. The van der Waals surface area contributed by atoms with Gasteiger partial charge in [0.25, 0.3) is 0 Å². The zero-order valence-corrected chi connectivity index (χ0v) is 12.6. The molecule has 0 heterocycles. The van der Waals surface area contributed by atoms with Crippen molar-refractivity contribution >= 4 is 11.6 Å². The fourth-order valence-electron chi connectivity index (χ4n) is 2.79. The predicted octanol–water partition coefficient (Wildman–Crippen LogP) is 4.03. The van der Waals surface area contributed by atoms with E-state index in [2.05, 4.69) is 6.92 Å². The first-order chi connectivity index (χ1) is 9.10. The molecular formula is C15H22ClNO2. The van der Waals surface area contributed by atoms with Gasteiger partial charge in [-0.1, -0.05) is 18.5 Å². The van der Waals surface area contributed by atoms with Crippen LogP contribution in [-0.2, 0) is 0 Å². The molecule has 0 saturated carbocycles. The molecule has 0 saturated heterocycles. The lowest BCUT2D eigenvalue weighted by Gasteiger charge is -2.31. The summed E-state index contributed by atoms with van der Waals surface area (Å²) in [6, 6.07) is 1.84. The Hall–Kier alpha value is -0.930. The van der Waals surface area contributed by atoms with E-state index >= 15 is 0 Å². The van der Waals surface area contributed by atoms with Gasteiger partial charge in [0.1, 0.15) is 0 Å². The smallest absolute Gasteiger partial charge is 0.166 e. The van der Waals surface area contributed by atoms with Crippen LogP contribution in [0.2, 0.25) is 5.02 Å². The van der Waals surface area contributed by atoms with Crippen LogP contribution in [0.1, 0.15) is 56.7 Å². The van der Waals surface area contributed by atoms with Crippen molar-refractivity contribution in [3.63, 3.8) is 0 Å². The molecular weight excluding hydrogens is 262 g/mol. The molecule has 19 heavy (non-hydrogen) atoms. The number of hydrogen-bond acceptors (Lipinski definition) is 3. The summed E-state index contributed by atoms with van der Waals surface area (Å²) < 4.78 is 11.5. The summed E-state index contributed by atoms with van der Waals surface area (Å²) in [5.74, 6) is 1.90. The molecule has 1 aromatic carbocycles. The number of hydrogen-bond donors (Lipinski definition) is 1. The number of halogens is 1. The van der Waals surface area contributed by atoms with Crippen LogP contribution in [0.3, 0.4) is 0 Å². The van der Waals surface area contributed by atoms with E-state index in [1.807, 2.05) is 19.9 Å². The lowest BCUT2D eigenvalue weighted by molar-refractivity contribution is 0.281. The van der Waals surface area contributed by atoms with Gasteiger partial charge >= 0.3 is 0 Å². The van der Waals surface area contributed by atoms with Crippen molar-refractivity contribution in [3.8, 4) is 11.5 Å². The van der Waals surface area contributed by atoms with Gasteiger partial charge in [-0.25, -0.2) is 0 Å². The van der Waals surface area contributed by atoms with Crippen LogP contribution >= 0.6 is 11.6 Å². The monoisotopic (exact) mass is 283 g/mol. The number of fused-ring (bicyclic) bond motifs is 1. The molecule has 1 aromatic rings.